The third-order valence-electron chi connectivity index (χ3n) is 3.05. The van der Waals surface area contributed by atoms with E-state index in [2.05, 4.69) is 15.9 Å². The van der Waals surface area contributed by atoms with Crippen LogP contribution in [0.4, 0.5) is 0 Å². The second kappa shape index (κ2) is 7.50. The summed E-state index contributed by atoms with van der Waals surface area (Å²) in [5.74, 6) is 0.773. The normalized spacial score (nSPS) is 12.2. The molecule has 21 heavy (non-hydrogen) atoms. The van der Waals surface area contributed by atoms with Gasteiger partial charge in [0.1, 0.15) is 5.75 Å². The van der Waals surface area contributed by atoms with E-state index in [0.717, 1.165) is 21.3 Å². The molecule has 0 bridgehead atoms. The van der Waals surface area contributed by atoms with Gasteiger partial charge in [0.25, 0.3) is 0 Å². The summed E-state index contributed by atoms with van der Waals surface area (Å²) in [6.45, 7) is 2.54. The van der Waals surface area contributed by atoms with Crippen LogP contribution in [-0.4, -0.2) is 11.7 Å². The van der Waals surface area contributed by atoms with Gasteiger partial charge in [-0.05, 0) is 42.3 Å². The van der Waals surface area contributed by atoms with Crippen molar-refractivity contribution in [1.82, 2.24) is 0 Å². The standard InChI is InChI=1S/C16H15BrCl2O2/c1-2-21-11-4-5-12(13(17)9-11)16(20)8-10-3-6-14(18)15(19)7-10/h3-7,9,16,20H,2,8H2,1H3. The monoisotopic (exact) mass is 388 g/mol. The first-order valence-corrected chi connectivity index (χ1v) is 8.10. The molecule has 112 valence electrons. The molecule has 1 N–H and O–H groups in total. The lowest BCUT2D eigenvalue weighted by molar-refractivity contribution is 0.177. The molecule has 0 aliphatic carbocycles. The van der Waals surface area contributed by atoms with Crippen LogP contribution in [0.15, 0.2) is 40.9 Å². The quantitative estimate of drug-likeness (QED) is 0.738. The Morgan fingerprint density at radius 3 is 2.52 bits per heavy atom. The molecule has 0 spiro atoms. The van der Waals surface area contributed by atoms with Crippen molar-refractivity contribution in [3.05, 3.63) is 62.0 Å². The lowest BCUT2D eigenvalue weighted by Crippen LogP contribution is -2.03. The van der Waals surface area contributed by atoms with Gasteiger partial charge in [-0.3, -0.25) is 0 Å². The Morgan fingerprint density at radius 1 is 1.14 bits per heavy atom. The van der Waals surface area contributed by atoms with Gasteiger partial charge < -0.3 is 9.84 Å². The van der Waals surface area contributed by atoms with Crippen molar-refractivity contribution >= 4 is 39.1 Å². The number of rotatable bonds is 5. The van der Waals surface area contributed by atoms with E-state index in [9.17, 15) is 5.11 Å². The van der Waals surface area contributed by atoms with Gasteiger partial charge in [0.15, 0.2) is 0 Å². The molecule has 1 unspecified atom stereocenters. The van der Waals surface area contributed by atoms with Gasteiger partial charge in [-0.15, -0.1) is 0 Å². The zero-order valence-corrected chi connectivity index (χ0v) is 14.5. The first-order chi connectivity index (χ1) is 10.0. The van der Waals surface area contributed by atoms with Gasteiger partial charge >= 0.3 is 0 Å². The highest BCUT2D eigenvalue weighted by Gasteiger charge is 2.13. The predicted octanol–water partition coefficient (Wildman–Crippen LogP) is 5.43. The fourth-order valence-electron chi connectivity index (χ4n) is 2.03. The Morgan fingerprint density at radius 2 is 1.90 bits per heavy atom. The summed E-state index contributed by atoms with van der Waals surface area (Å²) in [7, 11) is 0. The highest BCUT2D eigenvalue weighted by molar-refractivity contribution is 9.10. The van der Waals surface area contributed by atoms with E-state index in [0.29, 0.717) is 23.1 Å². The summed E-state index contributed by atoms with van der Waals surface area (Å²) in [4.78, 5) is 0. The number of hydrogen-bond donors (Lipinski definition) is 1. The summed E-state index contributed by atoms with van der Waals surface area (Å²) < 4.78 is 6.25. The highest BCUT2D eigenvalue weighted by atomic mass is 79.9. The van der Waals surface area contributed by atoms with Crippen LogP contribution in [0.2, 0.25) is 10.0 Å². The van der Waals surface area contributed by atoms with Crippen molar-refractivity contribution in [3.8, 4) is 5.75 Å². The molecular weight excluding hydrogens is 375 g/mol. The van der Waals surface area contributed by atoms with E-state index < -0.39 is 6.10 Å². The smallest absolute Gasteiger partial charge is 0.120 e. The van der Waals surface area contributed by atoms with E-state index in [1.807, 2.05) is 31.2 Å². The van der Waals surface area contributed by atoms with Crippen molar-refractivity contribution < 1.29 is 9.84 Å². The molecule has 0 amide bonds. The van der Waals surface area contributed by atoms with Crippen LogP contribution in [0.25, 0.3) is 0 Å². The van der Waals surface area contributed by atoms with E-state index in [4.69, 9.17) is 27.9 Å². The van der Waals surface area contributed by atoms with E-state index in [1.165, 1.54) is 0 Å². The summed E-state index contributed by atoms with van der Waals surface area (Å²) in [5, 5.41) is 11.4. The molecule has 0 radical (unpaired) electrons. The zero-order chi connectivity index (χ0) is 15.4. The Labute approximate surface area is 142 Å². The van der Waals surface area contributed by atoms with Crippen molar-refractivity contribution in [3.63, 3.8) is 0 Å². The molecule has 0 aromatic heterocycles. The van der Waals surface area contributed by atoms with Gasteiger partial charge in [0.2, 0.25) is 0 Å². The average molecular weight is 390 g/mol. The first kappa shape index (κ1) is 16.6. The number of aliphatic hydroxyl groups is 1. The van der Waals surface area contributed by atoms with Crippen molar-refractivity contribution in [1.29, 1.82) is 0 Å². The molecule has 2 nitrogen and oxygen atoms in total. The summed E-state index contributed by atoms with van der Waals surface area (Å²) in [5.41, 5.74) is 1.74. The minimum atomic E-state index is -0.632. The summed E-state index contributed by atoms with van der Waals surface area (Å²) >= 11 is 15.4. The fourth-order valence-corrected chi connectivity index (χ4v) is 2.98. The molecule has 2 aromatic rings. The van der Waals surface area contributed by atoms with E-state index in [1.54, 1.807) is 12.1 Å². The van der Waals surface area contributed by atoms with Crippen molar-refractivity contribution in [2.45, 2.75) is 19.4 Å². The molecule has 0 aliphatic heterocycles. The molecule has 2 aromatic carbocycles. The van der Waals surface area contributed by atoms with Gasteiger partial charge in [-0.25, -0.2) is 0 Å². The number of benzene rings is 2. The predicted molar refractivity (Wildman–Crippen MR) is 90.4 cm³/mol. The Balaban J connectivity index is 2.16. The number of ether oxygens (including phenoxy) is 1. The van der Waals surface area contributed by atoms with Crippen LogP contribution in [0.5, 0.6) is 5.75 Å². The van der Waals surface area contributed by atoms with Crippen LogP contribution < -0.4 is 4.74 Å². The van der Waals surface area contributed by atoms with Gasteiger partial charge in [0.05, 0.1) is 22.8 Å². The van der Waals surface area contributed by atoms with Crippen molar-refractivity contribution in [2.75, 3.05) is 6.61 Å². The molecule has 2 rings (SSSR count). The van der Waals surface area contributed by atoms with E-state index >= 15 is 0 Å². The number of aliphatic hydroxyl groups excluding tert-OH is 1. The second-order valence-electron chi connectivity index (χ2n) is 4.58. The van der Waals surface area contributed by atoms with Gasteiger partial charge in [-0.2, -0.15) is 0 Å². The third-order valence-corrected chi connectivity index (χ3v) is 4.48. The minimum absolute atomic E-state index is 0.462. The first-order valence-electron chi connectivity index (χ1n) is 6.55. The highest BCUT2D eigenvalue weighted by Crippen LogP contribution is 2.31. The van der Waals surface area contributed by atoms with Crippen LogP contribution in [0.1, 0.15) is 24.2 Å². The van der Waals surface area contributed by atoms with Gasteiger partial charge in [-0.1, -0.05) is 51.3 Å². The Kier molecular flexibility index (Phi) is 5.94. The zero-order valence-electron chi connectivity index (χ0n) is 11.4. The molecule has 0 saturated carbocycles. The lowest BCUT2D eigenvalue weighted by Gasteiger charge is -2.14. The van der Waals surface area contributed by atoms with Crippen molar-refractivity contribution in [2.24, 2.45) is 0 Å². The minimum Gasteiger partial charge on any atom is -0.494 e. The molecule has 0 heterocycles. The maximum absolute atomic E-state index is 10.4. The second-order valence-corrected chi connectivity index (χ2v) is 6.25. The number of hydrogen-bond acceptors (Lipinski definition) is 2. The maximum atomic E-state index is 10.4. The maximum Gasteiger partial charge on any atom is 0.120 e. The molecule has 1 atom stereocenters. The largest absolute Gasteiger partial charge is 0.494 e. The average Bonchev–Trinajstić information content (AvgIpc) is 2.43. The Bertz CT molecular complexity index is 632. The SMILES string of the molecule is CCOc1ccc(C(O)Cc2ccc(Cl)c(Cl)c2)c(Br)c1. The van der Waals surface area contributed by atoms with Gasteiger partial charge in [0, 0.05) is 10.9 Å². The van der Waals surface area contributed by atoms with Crippen LogP contribution >= 0.6 is 39.1 Å². The van der Waals surface area contributed by atoms with E-state index in [-0.39, 0.29) is 0 Å². The number of halogens is 3. The fraction of sp³-hybridized carbons (Fsp3) is 0.250. The molecule has 0 fully saturated rings. The van der Waals surface area contributed by atoms with Crippen LogP contribution in [0, 0.1) is 0 Å². The summed E-state index contributed by atoms with van der Waals surface area (Å²) in [6.07, 6.45) is -0.170. The molecule has 0 saturated heterocycles. The molecule has 0 aliphatic rings. The topological polar surface area (TPSA) is 29.5 Å². The van der Waals surface area contributed by atoms with Crippen LogP contribution in [-0.2, 0) is 6.42 Å². The molecular formula is C16H15BrCl2O2. The Hall–Kier alpha value is -0.740. The lowest BCUT2D eigenvalue weighted by atomic mass is 10.0. The molecule has 5 heteroatoms. The third kappa shape index (κ3) is 4.36. The summed E-state index contributed by atoms with van der Waals surface area (Å²) in [6, 6.07) is 10.9. The van der Waals surface area contributed by atoms with Crippen LogP contribution in [0.3, 0.4) is 0 Å².